The molecule has 0 aromatic rings. The van der Waals surface area contributed by atoms with E-state index in [1.807, 2.05) is 0 Å². The van der Waals surface area contributed by atoms with Crippen LogP contribution < -0.4 is 0 Å². The molecule has 0 aliphatic rings. The molecule has 8 N–H and O–H groups in total. The van der Waals surface area contributed by atoms with Crippen LogP contribution in [0.1, 0.15) is 0 Å². The molecule has 0 unspecified atom stereocenters. The van der Waals surface area contributed by atoms with E-state index in [-0.39, 0.29) is 6.29 Å². The summed E-state index contributed by atoms with van der Waals surface area (Å²) in [6, 6.07) is 0. The van der Waals surface area contributed by atoms with Gasteiger partial charge in [-0.25, -0.2) is 4.79 Å². The van der Waals surface area contributed by atoms with Crippen LogP contribution in [0.2, 0.25) is 0 Å². The second-order valence-corrected chi connectivity index (χ2v) is 4.81. The number of Topliss-reactive ketones (excluding diaryl/α,β-unsaturated/α-hetero) is 1. The molecule has 0 saturated heterocycles. The van der Waals surface area contributed by atoms with E-state index in [9.17, 15) is 39.9 Å². The lowest BCUT2D eigenvalue weighted by Gasteiger charge is -2.23. The topological polar surface area (TPSA) is 222 Å². The summed E-state index contributed by atoms with van der Waals surface area (Å²) in [7, 11) is 0. The summed E-state index contributed by atoms with van der Waals surface area (Å²) in [5, 5.41) is 73.2. The van der Waals surface area contributed by atoms with Gasteiger partial charge in [-0.3, -0.25) is 4.79 Å². The van der Waals surface area contributed by atoms with Crippen molar-refractivity contribution in [2.24, 2.45) is 0 Å². The molecule has 140 valence electrons. The van der Waals surface area contributed by atoms with E-state index in [0.29, 0.717) is 0 Å². The molecular weight excluding hydrogens is 336 g/mol. The highest BCUT2D eigenvalue weighted by Gasteiger charge is 2.36. The number of carbonyl (C=O) groups is 3. The zero-order valence-electron chi connectivity index (χ0n) is 12.2. The van der Waals surface area contributed by atoms with Gasteiger partial charge in [-0.15, -0.1) is 0 Å². The summed E-state index contributed by atoms with van der Waals surface area (Å²) >= 11 is 0. The zero-order chi connectivity index (χ0) is 19.0. The van der Waals surface area contributed by atoms with Gasteiger partial charge in [0.15, 0.2) is 19.0 Å². The van der Waals surface area contributed by atoms with Crippen molar-refractivity contribution in [1.82, 2.24) is 0 Å². The van der Waals surface area contributed by atoms with Gasteiger partial charge >= 0.3 is 5.97 Å². The maximum Gasteiger partial charge on any atom is 0.338 e. The number of esters is 1. The fourth-order valence-electron chi connectivity index (χ4n) is 1.43. The van der Waals surface area contributed by atoms with Gasteiger partial charge in [0, 0.05) is 0 Å². The van der Waals surface area contributed by atoms with Crippen molar-refractivity contribution in [3.63, 3.8) is 0 Å². The number of ether oxygens (including phenoxy) is 1. The minimum Gasteiger partial charge on any atom is -0.456 e. The summed E-state index contributed by atoms with van der Waals surface area (Å²) in [6.07, 6.45) is -15.3. The van der Waals surface area contributed by atoms with Crippen molar-refractivity contribution >= 4 is 18.0 Å². The Morgan fingerprint density at radius 1 is 0.875 bits per heavy atom. The molecule has 0 radical (unpaired) electrons. The molecule has 0 fully saturated rings. The van der Waals surface area contributed by atoms with Crippen molar-refractivity contribution in [2.75, 3.05) is 13.2 Å². The minimum absolute atomic E-state index is 0.153. The molecule has 0 aliphatic heterocycles. The summed E-state index contributed by atoms with van der Waals surface area (Å²) in [4.78, 5) is 33.0. The van der Waals surface area contributed by atoms with Crippen molar-refractivity contribution in [3.05, 3.63) is 0 Å². The summed E-state index contributed by atoms with van der Waals surface area (Å²) in [5.41, 5.74) is 0. The zero-order valence-corrected chi connectivity index (χ0v) is 12.2. The average Bonchev–Trinajstić information content (AvgIpc) is 2.60. The Hall–Kier alpha value is -1.51. The number of ketones is 1. The molecule has 7 atom stereocenters. The van der Waals surface area contributed by atoms with E-state index in [4.69, 9.17) is 15.3 Å². The van der Waals surface area contributed by atoms with Gasteiger partial charge in [0.1, 0.15) is 36.6 Å². The molecule has 12 heteroatoms. The quantitative estimate of drug-likeness (QED) is 0.128. The Morgan fingerprint density at radius 2 is 1.42 bits per heavy atom. The van der Waals surface area contributed by atoms with Crippen LogP contribution in [0.25, 0.3) is 0 Å². The van der Waals surface area contributed by atoms with Gasteiger partial charge in [-0.05, 0) is 0 Å². The van der Waals surface area contributed by atoms with Gasteiger partial charge < -0.3 is 50.4 Å². The molecule has 0 saturated carbocycles. The Kier molecular flexibility index (Phi) is 9.72. The molecule has 0 amide bonds. The third-order valence-electron chi connectivity index (χ3n) is 3.00. The minimum atomic E-state index is -2.42. The highest BCUT2D eigenvalue weighted by Crippen LogP contribution is 2.07. The fourth-order valence-corrected chi connectivity index (χ4v) is 1.43. The van der Waals surface area contributed by atoms with Crippen LogP contribution in [0.3, 0.4) is 0 Å². The highest BCUT2D eigenvalue weighted by molar-refractivity contribution is 5.87. The van der Waals surface area contributed by atoms with E-state index in [1.54, 1.807) is 0 Å². The maximum atomic E-state index is 11.4. The van der Waals surface area contributed by atoms with Crippen molar-refractivity contribution in [2.45, 2.75) is 42.7 Å². The first-order valence-electron chi connectivity index (χ1n) is 6.60. The van der Waals surface area contributed by atoms with Gasteiger partial charge in [0.25, 0.3) is 0 Å². The second kappa shape index (κ2) is 10.4. The number of aliphatic hydroxyl groups excluding tert-OH is 8. The molecule has 0 heterocycles. The average molecular weight is 356 g/mol. The summed E-state index contributed by atoms with van der Waals surface area (Å²) in [6.45, 7) is -2.13. The lowest BCUT2D eigenvalue weighted by Crippen LogP contribution is -2.49. The van der Waals surface area contributed by atoms with Crippen molar-refractivity contribution < 1.29 is 60.0 Å². The normalized spacial score (nSPS) is 20.2. The van der Waals surface area contributed by atoms with Gasteiger partial charge in [0.05, 0.1) is 6.61 Å². The Balaban J connectivity index is 4.56. The first kappa shape index (κ1) is 22.5. The third kappa shape index (κ3) is 6.18. The lowest BCUT2D eigenvalue weighted by atomic mass is 10.0. The van der Waals surface area contributed by atoms with E-state index < -0.39 is 67.7 Å². The number of aliphatic hydroxyl groups is 8. The smallest absolute Gasteiger partial charge is 0.338 e. The Morgan fingerprint density at radius 3 is 1.88 bits per heavy atom. The van der Waals surface area contributed by atoms with Gasteiger partial charge in [-0.2, -0.15) is 0 Å². The Bertz CT molecular complexity index is 426. The van der Waals surface area contributed by atoms with Crippen LogP contribution in [0.5, 0.6) is 0 Å². The number of hydrogen-bond donors (Lipinski definition) is 8. The number of hydrogen-bond acceptors (Lipinski definition) is 12. The third-order valence-corrected chi connectivity index (χ3v) is 3.00. The molecule has 0 spiro atoms. The standard InChI is InChI=1S/C12H20O12/c13-1-4(15)7(18)9(20)6(17)3-24-12(23)11(22)10(21)8(19)5(16)2-14/h2,4-5,7-11,13,15-16,18-22H,1,3H2/t4-,5+,7-,8-,9-,10+,11+/m1/s1. The predicted octanol–water partition coefficient (Wildman–Crippen LogP) is -6.18. The van der Waals surface area contributed by atoms with Crippen molar-refractivity contribution in [3.8, 4) is 0 Å². The molecule has 0 rings (SSSR count). The van der Waals surface area contributed by atoms with Crippen LogP contribution in [-0.2, 0) is 19.1 Å². The number of rotatable bonds is 11. The molecule has 0 aromatic heterocycles. The van der Waals surface area contributed by atoms with Gasteiger partial charge in [0.2, 0.25) is 5.78 Å². The molecule has 0 bridgehead atoms. The first-order valence-corrected chi connectivity index (χ1v) is 6.60. The predicted molar refractivity (Wildman–Crippen MR) is 71.2 cm³/mol. The first-order chi connectivity index (χ1) is 11.1. The summed E-state index contributed by atoms with van der Waals surface area (Å²) in [5.74, 6) is -2.92. The second-order valence-electron chi connectivity index (χ2n) is 4.81. The lowest BCUT2D eigenvalue weighted by molar-refractivity contribution is -0.173. The number of carbonyl (C=O) groups excluding carboxylic acids is 3. The van der Waals surface area contributed by atoms with Crippen LogP contribution in [0.4, 0.5) is 0 Å². The monoisotopic (exact) mass is 356 g/mol. The maximum absolute atomic E-state index is 11.4. The van der Waals surface area contributed by atoms with Gasteiger partial charge in [-0.1, -0.05) is 0 Å². The van der Waals surface area contributed by atoms with E-state index in [2.05, 4.69) is 4.74 Å². The van der Waals surface area contributed by atoms with Crippen LogP contribution in [-0.4, -0.2) is 115 Å². The number of aldehydes is 1. The van der Waals surface area contributed by atoms with Crippen LogP contribution in [0.15, 0.2) is 0 Å². The largest absolute Gasteiger partial charge is 0.456 e. The SMILES string of the molecule is O=C[C@H](O)[C@@H](O)[C@H](O)[C@H](O)C(=O)OCC(=O)[C@@H](O)[C@H](O)[C@H](O)CO. The fraction of sp³-hybridized carbons (Fsp3) is 0.750. The van der Waals surface area contributed by atoms with Crippen LogP contribution in [0, 0.1) is 0 Å². The Labute approximate surface area is 135 Å². The van der Waals surface area contributed by atoms with Crippen molar-refractivity contribution in [1.29, 1.82) is 0 Å². The highest BCUT2D eigenvalue weighted by atomic mass is 16.6. The molecule has 0 aliphatic carbocycles. The van der Waals surface area contributed by atoms with Crippen LogP contribution >= 0.6 is 0 Å². The van der Waals surface area contributed by atoms with E-state index >= 15 is 0 Å². The molecule has 24 heavy (non-hydrogen) atoms. The molecule has 12 nitrogen and oxygen atoms in total. The summed E-state index contributed by atoms with van der Waals surface area (Å²) < 4.78 is 4.24. The van der Waals surface area contributed by atoms with E-state index in [0.717, 1.165) is 0 Å². The van der Waals surface area contributed by atoms with E-state index in [1.165, 1.54) is 0 Å². The molecular formula is C12H20O12. The molecule has 0 aromatic carbocycles.